The van der Waals surface area contributed by atoms with Gasteiger partial charge >= 0.3 is 0 Å². The molecule has 1 aromatic heterocycles. The number of ether oxygens (including phenoxy) is 2. The Hall–Kier alpha value is -3.64. The summed E-state index contributed by atoms with van der Waals surface area (Å²) in [7, 11) is 0. The molecule has 0 spiro atoms. The van der Waals surface area contributed by atoms with E-state index in [9.17, 15) is 25.0 Å². The number of rotatable bonds is 9. The van der Waals surface area contributed by atoms with Gasteiger partial charge in [-0.05, 0) is 32.0 Å². The molecule has 168 valence electrons. The van der Waals surface area contributed by atoms with Crippen LogP contribution < -0.4 is 9.54 Å². The van der Waals surface area contributed by atoms with Crippen molar-refractivity contribution in [3.63, 3.8) is 0 Å². The highest BCUT2D eigenvalue weighted by Gasteiger charge is 2.20. The number of nitrogens with zero attached hydrogens (tertiary/aromatic N) is 4. The largest absolute Gasteiger partial charge is 0.494 e. The first kappa shape index (κ1) is 23.0. The second kappa shape index (κ2) is 10.1. The van der Waals surface area contributed by atoms with Gasteiger partial charge in [0.15, 0.2) is 4.80 Å². The van der Waals surface area contributed by atoms with Crippen molar-refractivity contribution in [1.82, 2.24) is 4.57 Å². The molecule has 1 heterocycles. The molecule has 0 radical (unpaired) electrons. The molecule has 1 amide bonds. The minimum absolute atomic E-state index is 0.241. The lowest BCUT2D eigenvalue weighted by Gasteiger charge is -2.06. The highest BCUT2D eigenvalue weighted by molar-refractivity contribution is 7.16. The molecule has 32 heavy (non-hydrogen) atoms. The second-order valence-corrected chi connectivity index (χ2v) is 7.47. The number of hydrogen-bond acceptors (Lipinski definition) is 8. The van der Waals surface area contributed by atoms with Crippen LogP contribution in [0.15, 0.2) is 41.4 Å². The first-order chi connectivity index (χ1) is 15.3. The van der Waals surface area contributed by atoms with Gasteiger partial charge in [0, 0.05) is 25.3 Å². The minimum atomic E-state index is -0.821. The molecule has 0 unspecified atom stereocenters. The molecule has 3 rings (SSSR count). The smallest absolute Gasteiger partial charge is 0.280 e. The number of non-ortho nitro benzene ring substituents is 2. The standard InChI is InChI=1S/C20H20N4O7S/c1-3-30-8-7-22-17-6-5-16(31-4-2)12-18(17)32-20(22)21-19(25)13-9-14(23(26)27)11-15(10-13)24(28)29/h5-6,9-12H,3-4,7-8H2,1-2H3. The molecule has 0 fully saturated rings. The van der Waals surface area contributed by atoms with Crippen LogP contribution in [-0.4, -0.2) is 40.1 Å². The predicted octanol–water partition coefficient (Wildman–Crippen LogP) is 3.70. The average Bonchev–Trinajstić information content (AvgIpc) is 3.10. The Balaban J connectivity index is 2.11. The summed E-state index contributed by atoms with van der Waals surface area (Å²) >= 11 is 1.24. The maximum absolute atomic E-state index is 12.8. The molecule has 12 heteroatoms. The summed E-state index contributed by atoms with van der Waals surface area (Å²) in [5.41, 5.74) is -0.538. The van der Waals surface area contributed by atoms with E-state index in [4.69, 9.17) is 9.47 Å². The van der Waals surface area contributed by atoms with Crippen molar-refractivity contribution in [2.75, 3.05) is 19.8 Å². The van der Waals surface area contributed by atoms with Crippen LogP contribution in [0.5, 0.6) is 5.75 Å². The number of fused-ring (bicyclic) bond motifs is 1. The number of carbonyl (C=O) groups excluding carboxylic acids is 1. The number of thiazole rings is 1. The van der Waals surface area contributed by atoms with E-state index in [1.165, 1.54) is 11.3 Å². The van der Waals surface area contributed by atoms with Gasteiger partial charge in [-0.2, -0.15) is 4.99 Å². The van der Waals surface area contributed by atoms with Crippen LogP contribution in [0, 0.1) is 20.2 Å². The first-order valence-electron chi connectivity index (χ1n) is 9.70. The monoisotopic (exact) mass is 460 g/mol. The van der Waals surface area contributed by atoms with Gasteiger partial charge < -0.3 is 14.0 Å². The van der Waals surface area contributed by atoms with E-state index in [1.54, 1.807) is 4.57 Å². The van der Waals surface area contributed by atoms with E-state index in [0.717, 1.165) is 28.4 Å². The fraction of sp³-hybridized carbons (Fsp3) is 0.300. The predicted molar refractivity (Wildman–Crippen MR) is 117 cm³/mol. The van der Waals surface area contributed by atoms with Gasteiger partial charge in [0.1, 0.15) is 5.75 Å². The molecular weight excluding hydrogens is 440 g/mol. The summed E-state index contributed by atoms with van der Waals surface area (Å²) in [6, 6.07) is 8.25. The molecule has 0 N–H and O–H groups in total. The van der Waals surface area contributed by atoms with E-state index < -0.39 is 27.1 Å². The summed E-state index contributed by atoms with van der Waals surface area (Å²) in [6.45, 7) is 5.58. The Morgan fingerprint density at radius 1 is 1.06 bits per heavy atom. The normalized spacial score (nSPS) is 11.6. The van der Waals surface area contributed by atoms with Crippen LogP contribution in [0.3, 0.4) is 0 Å². The number of aromatic nitrogens is 1. The molecule has 0 aliphatic rings. The summed E-state index contributed by atoms with van der Waals surface area (Å²) in [5, 5.41) is 22.3. The molecular formula is C20H20N4O7S. The zero-order valence-corrected chi connectivity index (χ0v) is 18.2. The number of nitro groups is 2. The highest BCUT2D eigenvalue weighted by Crippen LogP contribution is 2.25. The maximum Gasteiger partial charge on any atom is 0.280 e. The Morgan fingerprint density at radius 3 is 2.34 bits per heavy atom. The Labute approximate surface area is 185 Å². The zero-order chi connectivity index (χ0) is 23.3. The molecule has 2 aromatic carbocycles. The third-order valence-electron chi connectivity index (χ3n) is 4.40. The third-order valence-corrected chi connectivity index (χ3v) is 5.44. The van der Waals surface area contributed by atoms with Crippen LogP contribution in [0.2, 0.25) is 0 Å². The molecule has 0 aliphatic heterocycles. The molecule has 0 saturated carbocycles. The maximum atomic E-state index is 12.8. The van der Waals surface area contributed by atoms with Crippen molar-refractivity contribution in [3.8, 4) is 5.75 Å². The van der Waals surface area contributed by atoms with Crippen LogP contribution in [0.25, 0.3) is 10.2 Å². The van der Waals surface area contributed by atoms with E-state index in [0.29, 0.717) is 36.9 Å². The summed E-state index contributed by atoms with van der Waals surface area (Å²) in [6.07, 6.45) is 0. The quantitative estimate of drug-likeness (QED) is 0.269. The third kappa shape index (κ3) is 5.15. The van der Waals surface area contributed by atoms with Crippen LogP contribution >= 0.6 is 11.3 Å². The van der Waals surface area contributed by atoms with Gasteiger partial charge in [0.05, 0.1) is 44.9 Å². The Bertz CT molecular complexity index is 1220. The SMILES string of the molecule is CCOCCn1c(=NC(=O)c2cc([N+](=O)[O-])cc([N+](=O)[O-])c2)sc2cc(OCC)ccc21. The highest BCUT2D eigenvalue weighted by atomic mass is 32.1. The topological polar surface area (TPSA) is 139 Å². The second-order valence-electron chi connectivity index (χ2n) is 6.47. The van der Waals surface area contributed by atoms with Crippen LogP contribution in [-0.2, 0) is 11.3 Å². The van der Waals surface area contributed by atoms with Crippen molar-refractivity contribution >= 4 is 38.8 Å². The van der Waals surface area contributed by atoms with Gasteiger partial charge in [-0.15, -0.1) is 0 Å². The van der Waals surface area contributed by atoms with Gasteiger partial charge in [-0.1, -0.05) is 11.3 Å². The van der Waals surface area contributed by atoms with Crippen molar-refractivity contribution in [2.24, 2.45) is 4.99 Å². The fourth-order valence-electron chi connectivity index (χ4n) is 2.99. The number of amides is 1. The van der Waals surface area contributed by atoms with E-state index >= 15 is 0 Å². The van der Waals surface area contributed by atoms with E-state index in [2.05, 4.69) is 4.99 Å². The average molecular weight is 460 g/mol. The Morgan fingerprint density at radius 2 is 1.75 bits per heavy atom. The van der Waals surface area contributed by atoms with Crippen LogP contribution in [0.1, 0.15) is 24.2 Å². The molecule has 0 saturated heterocycles. The molecule has 11 nitrogen and oxygen atoms in total. The number of carbonyl (C=O) groups is 1. The van der Waals surface area contributed by atoms with Gasteiger partial charge in [-0.3, -0.25) is 25.0 Å². The van der Waals surface area contributed by atoms with Crippen molar-refractivity contribution in [3.05, 3.63) is 67.0 Å². The number of hydrogen-bond donors (Lipinski definition) is 0. The molecule has 0 bridgehead atoms. The molecule has 0 aliphatic carbocycles. The van der Waals surface area contributed by atoms with Crippen molar-refractivity contribution < 1.29 is 24.1 Å². The summed E-state index contributed by atoms with van der Waals surface area (Å²) in [5.74, 6) is -0.149. The zero-order valence-electron chi connectivity index (χ0n) is 17.3. The van der Waals surface area contributed by atoms with Crippen molar-refractivity contribution in [2.45, 2.75) is 20.4 Å². The summed E-state index contributed by atoms with van der Waals surface area (Å²) in [4.78, 5) is 37.9. The number of nitro benzene ring substituents is 2. The lowest BCUT2D eigenvalue weighted by molar-refractivity contribution is -0.394. The van der Waals surface area contributed by atoms with Crippen LogP contribution in [0.4, 0.5) is 11.4 Å². The van der Waals surface area contributed by atoms with Gasteiger partial charge in [-0.25, -0.2) is 0 Å². The number of benzene rings is 2. The fourth-order valence-corrected chi connectivity index (χ4v) is 4.08. The first-order valence-corrected chi connectivity index (χ1v) is 10.5. The van der Waals surface area contributed by atoms with Gasteiger partial charge in [0.25, 0.3) is 17.3 Å². The molecule has 0 atom stereocenters. The minimum Gasteiger partial charge on any atom is -0.494 e. The van der Waals surface area contributed by atoms with E-state index in [1.807, 2.05) is 32.0 Å². The summed E-state index contributed by atoms with van der Waals surface area (Å²) < 4.78 is 13.6. The lowest BCUT2D eigenvalue weighted by Crippen LogP contribution is -2.19. The van der Waals surface area contributed by atoms with E-state index in [-0.39, 0.29) is 5.56 Å². The van der Waals surface area contributed by atoms with Crippen molar-refractivity contribution in [1.29, 1.82) is 0 Å². The lowest BCUT2D eigenvalue weighted by atomic mass is 10.1. The molecule has 3 aromatic rings. The van der Waals surface area contributed by atoms with Gasteiger partial charge in [0.2, 0.25) is 0 Å². The Kier molecular flexibility index (Phi) is 7.28.